The van der Waals surface area contributed by atoms with Gasteiger partial charge in [-0.3, -0.25) is 14.3 Å². The van der Waals surface area contributed by atoms with E-state index in [0.717, 1.165) is 17.3 Å². The molecule has 170 valence electrons. The molecular formula is C25H21FN6O2. The molecule has 0 aliphatic rings. The average molecular weight is 456 g/mol. The minimum absolute atomic E-state index is 0.132. The van der Waals surface area contributed by atoms with E-state index in [9.17, 15) is 14.0 Å². The second-order valence-corrected chi connectivity index (χ2v) is 7.76. The van der Waals surface area contributed by atoms with Gasteiger partial charge in [0.2, 0.25) is 0 Å². The van der Waals surface area contributed by atoms with Gasteiger partial charge in [-0.25, -0.2) is 9.37 Å². The number of anilines is 1. The zero-order valence-electron chi connectivity index (χ0n) is 18.6. The second kappa shape index (κ2) is 9.11. The molecular weight excluding hydrogens is 435 g/mol. The van der Waals surface area contributed by atoms with E-state index in [4.69, 9.17) is 11.0 Å². The minimum atomic E-state index is -0.819. The van der Waals surface area contributed by atoms with Crippen LogP contribution in [0.5, 0.6) is 0 Å². The summed E-state index contributed by atoms with van der Waals surface area (Å²) in [6.07, 6.45) is 0.599. The summed E-state index contributed by atoms with van der Waals surface area (Å²) in [6, 6.07) is 14.4. The lowest BCUT2D eigenvalue weighted by Gasteiger charge is -2.11. The monoisotopic (exact) mass is 456 g/mol. The maximum Gasteiger partial charge on any atom is 0.267 e. The fraction of sp³-hybridized carbons (Fsp3) is 0.160. The number of pyridine rings is 1. The zero-order chi connectivity index (χ0) is 24.4. The summed E-state index contributed by atoms with van der Waals surface area (Å²) in [5.74, 6) is -1.85. The maximum atomic E-state index is 13.7. The number of nitrogens with two attached hydrogens (primary N) is 1. The predicted octanol–water partition coefficient (Wildman–Crippen LogP) is 3.71. The van der Waals surface area contributed by atoms with Gasteiger partial charge >= 0.3 is 0 Å². The number of benzene rings is 2. The highest BCUT2D eigenvalue weighted by Crippen LogP contribution is 2.25. The predicted molar refractivity (Wildman–Crippen MR) is 125 cm³/mol. The fourth-order valence-electron chi connectivity index (χ4n) is 3.84. The van der Waals surface area contributed by atoms with Crippen molar-refractivity contribution in [3.05, 3.63) is 88.1 Å². The summed E-state index contributed by atoms with van der Waals surface area (Å²) >= 11 is 0. The number of hydrogen-bond acceptors (Lipinski definition) is 5. The summed E-state index contributed by atoms with van der Waals surface area (Å²) in [5, 5.41) is 16.9. The van der Waals surface area contributed by atoms with Crippen molar-refractivity contribution in [2.75, 3.05) is 5.32 Å². The van der Waals surface area contributed by atoms with E-state index in [-0.39, 0.29) is 16.8 Å². The van der Waals surface area contributed by atoms with Crippen LogP contribution >= 0.6 is 0 Å². The number of aromatic nitrogens is 3. The zero-order valence-corrected chi connectivity index (χ0v) is 18.6. The molecule has 8 nitrogen and oxygen atoms in total. The molecule has 0 unspecified atom stereocenters. The first-order valence-electron chi connectivity index (χ1n) is 10.6. The number of carbonyl (C=O) groups is 2. The molecule has 0 radical (unpaired) electrons. The van der Waals surface area contributed by atoms with Crippen molar-refractivity contribution in [3.63, 3.8) is 0 Å². The SMILES string of the molecule is CCc1c(NC(=O)c2cc(C(N)=O)nc3cc(F)ccc23)c(C)nn1Cc1ccc(C#N)cc1. The van der Waals surface area contributed by atoms with Crippen LogP contribution in [0, 0.1) is 24.1 Å². The van der Waals surface area contributed by atoms with Gasteiger partial charge in [0.05, 0.1) is 46.3 Å². The molecule has 0 aliphatic carbocycles. The Kier molecular flexibility index (Phi) is 6.06. The molecule has 34 heavy (non-hydrogen) atoms. The molecule has 0 saturated carbocycles. The molecule has 0 atom stereocenters. The molecule has 0 bridgehead atoms. The number of amides is 2. The number of carbonyl (C=O) groups excluding carboxylic acids is 2. The molecule has 2 heterocycles. The van der Waals surface area contributed by atoms with Crippen molar-refractivity contribution in [1.82, 2.24) is 14.8 Å². The Morgan fingerprint density at radius 1 is 1.18 bits per heavy atom. The summed E-state index contributed by atoms with van der Waals surface area (Å²) < 4.78 is 15.5. The maximum absolute atomic E-state index is 13.7. The van der Waals surface area contributed by atoms with Gasteiger partial charge < -0.3 is 11.1 Å². The normalized spacial score (nSPS) is 10.8. The first-order valence-corrected chi connectivity index (χ1v) is 10.6. The van der Waals surface area contributed by atoms with Gasteiger partial charge in [0.1, 0.15) is 11.5 Å². The van der Waals surface area contributed by atoms with Crippen LogP contribution in [-0.2, 0) is 13.0 Å². The molecule has 4 aromatic rings. The first kappa shape index (κ1) is 22.6. The number of nitrogens with zero attached hydrogens (tertiary/aromatic N) is 4. The third kappa shape index (κ3) is 4.34. The topological polar surface area (TPSA) is 127 Å². The van der Waals surface area contributed by atoms with Gasteiger partial charge in [-0.05, 0) is 49.2 Å². The van der Waals surface area contributed by atoms with Gasteiger partial charge in [-0.1, -0.05) is 19.1 Å². The Morgan fingerprint density at radius 3 is 2.56 bits per heavy atom. The summed E-state index contributed by atoms with van der Waals surface area (Å²) in [4.78, 5) is 29.1. The first-order chi connectivity index (χ1) is 16.3. The lowest BCUT2D eigenvalue weighted by Crippen LogP contribution is -2.18. The van der Waals surface area contributed by atoms with E-state index in [1.807, 2.05) is 19.1 Å². The minimum Gasteiger partial charge on any atom is -0.364 e. The number of primary amides is 1. The number of nitriles is 1. The smallest absolute Gasteiger partial charge is 0.267 e. The Labute approximate surface area is 194 Å². The van der Waals surface area contributed by atoms with E-state index in [2.05, 4.69) is 21.5 Å². The molecule has 2 aromatic carbocycles. The highest BCUT2D eigenvalue weighted by atomic mass is 19.1. The third-order valence-corrected chi connectivity index (χ3v) is 5.49. The van der Waals surface area contributed by atoms with Crippen LogP contribution in [0.2, 0.25) is 0 Å². The van der Waals surface area contributed by atoms with Crippen LogP contribution in [0.15, 0.2) is 48.5 Å². The fourth-order valence-corrected chi connectivity index (χ4v) is 3.84. The van der Waals surface area contributed by atoms with Gasteiger partial charge in [0.25, 0.3) is 11.8 Å². The number of nitrogens with one attached hydrogen (secondary N) is 1. The van der Waals surface area contributed by atoms with Crippen LogP contribution in [0.25, 0.3) is 10.9 Å². The molecule has 0 aliphatic heterocycles. The van der Waals surface area contributed by atoms with Crippen molar-refractivity contribution in [3.8, 4) is 6.07 Å². The molecule has 4 rings (SSSR count). The lowest BCUT2D eigenvalue weighted by atomic mass is 10.1. The number of halogens is 1. The number of fused-ring (bicyclic) bond motifs is 1. The molecule has 0 fully saturated rings. The lowest BCUT2D eigenvalue weighted by molar-refractivity contribution is 0.0996. The number of rotatable bonds is 6. The summed E-state index contributed by atoms with van der Waals surface area (Å²) in [5.41, 5.74) is 9.08. The van der Waals surface area contributed by atoms with Crippen molar-refractivity contribution in [2.45, 2.75) is 26.8 Å². The van der Waals surface area contributed by atoms with Gasteiger partial charge in [-0.2, -0.15) is 10.4 Å². The second-order valence-electron chi connectivity index (χ2n) is 7.76. The van der Waals surface area contributed by atoms with E-state index in [0.29, 0.717) is 35.3 Å². The Balaban J connectivity index is 1.70. The molecule has 0 spiro atoms. The van der Waals surface area contributed by atoms with E-state index in [1.165, 1.54) is 18.2 Å². The standard InChI is InChI=1S/C25H21FN6O2/c1-3-22-23(14(2)31-32(22)13-16-6-4-15(12-27)5-7-16)30-25(34)19-11-21(24(28)33)29-20-10-17(26)8-9-18(19)20/h4-11H,3,13H2,1-2H3,(H2,28,33)(H,30,34). The van der Waals surface area contributed by atoms with Gasteiger partial charge in [-0.15, -0.1) is 0 Å². The third-order valence-electron chi connectivity index (χ3n) is 5.49. The van der Waals surface area contributed by atoms with E-state index < -0.39 is 17.6 Å². The summed E-state index contributed by atoms with van der Waals surface area (Å²) in [7, 11) is 0. The van der Waals surface area contributed by atoms with Crippen LogP contribution in [0.3, 0.4) is 0 Å². The quantitative estimate of drug-likeness (QED) is 0.457. The molecule has 2 amide bonds. The van der Waals surface area contributed by atoms with Crippen LogP contribution < -0.4 is 11.1 Å². The van der Waals surface area contributed by atoms with Crippen LogP contribution in [0.4, 0.5) is 10.1 Å². The van der Waals surface area contributed by atoms with Crippen molar-refractivity contribution < 1.29 is 14.0 Å². The number of aryl methyl sites for hydroxylation is 1. The van der Waals surface area contributed by atoms with E-state index in [1.54, 1.807) is 23.7 Å². The van der Waals surface area contributed by atoms with Crippen molar-refractivity contribution in [1.29, 1.82) is 5.26 Å². The van der Waals surface area contributed by atoms with E-state index >= 15 is 0 Å². The van der Waals surface area contributed by atoms with Gasteiger partial charge in [0.15, 0.2) is 0 Å². The molecule has 3 N–H and O–H groups in total. The Hall–Kier alpha value is -4.58. The van der Waals surface area contributed by atoms with Crippen molar-refractivity contribution in [2.24, 2.45) is 5.73 Å². The average Bonchev–Trinajstić information content (AvgIpc) is 3.11. The molecule has 0 saturated heterocycles. The molecule has 2 aromatic heterocycles. The summed E-state index contributed by atoms with van der Waals surface area (Å²) in [6.45, 7) is 4.21. The van der Waals surface area contributed by atoms with Gasteiger partial charge in [0, 0.05) is 11.5 Å². The highest BCUT2D eigenvalue weighted by Gasteiger charge is 2.20. The molecule has 9 heteroatoms. The Bertz CT molecular complexity index is 1470. The largest absolute Gasteiger partial charge is 0.364 e. The Morgan fingerprint density at radius 2 is 1.91 bits per heavy atom. The van der Waals surface area contributed by atoms with Crippen LogP contribution in [0.1, 0.15) is 50.3 Å². The van der Waals surface area contributed by atoms with Crippen LogP contribution in [-0.4, -0.2) is 26.6 Å². The number of hydrogen-bond donors (Lipinski definition) is 2. The highest BCUT2D eigenvalue weighted by molar-refractivity contribution is 6.14. The van der Waals surface area contributed by atoms with Crippen molar-refractivity contribution >= 4 is 28.4 Å².